The summed E-state index contributed by atoms with van der Waals surface area (Å²) in [5.74, 6) is 0.963. The van der Waals surface area contributed by atoms with E-state index < -0.39 is 0 Å². The Kier molecular flexibility index (Phi) is 4.93. The molecule has 0 amide bonds. The van der Waals surface area contributed by atoms with Gasteiger partial charge in [0.25, 0.3) is 0 Å². The highest BCUT2D eigenvalue weighted by atomic mass is 16.5. The summed E-state index contributed by atoms with van der Waals surface area (Å²) in [6.45, 7) is 6.41. The molecule has 100 valence electrons. The molecule has 0 bridgehead atoms. The molecule has 0 saturated heterocycles. The first kappa shape index (κ1) is 13.6. The lowest BCUT2D eigenvalue weighted by atomic mass is 10.1. The van der Waals surface area contributed by atoms with Crippen molar-refractivity contribution in [1.82, 2.24) is 10.3 Å². The van der Waals surface area contributed by atoms with E-state index in [9.17, 15) is 0 Å². The van der Waals surface area contributed by atoms with Gasteiger partial charge in [0.05, 0.1) is 5.69 Å². The van der Waals surface area contributed by atoms with Crippen molar-refractivity contribution in [2.75, 3.05) is 13.2 Å². The number of aromatic nitrogens is 1. The fourth-order valence-corrected chi connectivity index (χ4v) is 1.91. The summed E-state index contributed by atoms with van der Waals surface area (Å²) in [6, 6.07) is 12.2. The molecule has 1 N–H and O–H groups in total. The SMILES string of the molecule is Cc1ccc(OCCNCc2ccccn2)c(C)c1. The molecule has 0 saturated carbocycles. The second-order valence-corrected chi connectivity index (χ2v) is 4.62. The Labute approximate surface area is 114 Å². The van der Waals surface area contributed by atoms with Crippen LogP contribution in [0.15, 0.2) is 42.6 Å². The average Bonchev–Trinajstić information content (AvgIpc) is 2.42. The first-order valence-electron chi connectivity index (χ1n) is 6.56. The van der Waals surface area contributed by atoms with Crippen LogP contribution in [0.5, 0.6) is 5.75 Å². The molecule has 0 aliphatic heterocycles. The van der Waals surface area contributed by atoms with Crippen LogP contribution in [-0.2, 0) is 6.54 Å². The molecule has 0 unspecified atom stereocenters. The molecule has 2 aromatic rings. The van der Waals surface area contributed by atoms with Crippen LogP contribution >= 0.6 is 0 Å². The van der Waals surface area contributed by atoms with E-state index in [1.54, 1.807) is 0 Å². The van der Waals surface area contributed by atoms with Gasteiger partial charge in [0.2, 0.25) is 0 Å². The van der Waals surface area contributed by atoms with Crippen LogP contribution in [0.3, 0.4) is 0 Å². The zero-order valence-electron chi connectivity index (χ0n) is 11.5. The second kappa shape index (κ2) is 6.90. The number of nitrogens with one attached hydrogen (secondary N) is 1. The van der Waals surface area contributed by atoms with E-state index in [4.69, 9.17) is 4.74 Å². The van der Waals surface area contributed by atoms with Gasteiger partial charge in [-0.25, -0.2) is 0 Å². The topological polar surface area (TPSA) is 34.1 Å². The highest BCUT2D eigenvalue weighted by molar-refractivity contribution is 5.35. The molecule has 3 nitrogen and oxygen atoms in total. The van der Waals surface area contributed by atoms with Gasteiger partial charge in [0.1, 0.15) is 12.4 Å². The Morgan fingerprint density at radius 2 is 2.05 bits per heavy atom. The molecular weight excluding hydrogens is 236 g/mol. The monoisotopic (exact) mass is 256 g/mol. The molecule has 0 aliphatic carbocycles. The van der Waals surface area contributed by atoms with Gasteiger partial charge >= 0.3 is 0 Å². The predicted molar refractivity (Wildman–Crippen MR) is 77.4 cm³/mol. The normalized spacial score (nSPS) is 10.4. The maximum atomic E-state index is 5.75. The largest absolute Gasteiger partial charge is 0.492 e. The minimum Gasteiger partial charge on any atom is -0.492 e. The van der Waals surface area contributed by atoms with E-state index in [1.165, 1.54) is 11.1 Å². The summed E-state index contributed by atoms with van der Waals surface area (Å²) in [7, 11) is 0. The van der Waals surface area contributed by atoms with Gasteiger partial charge in [-0.2, -0.15) is 0 Å². The lowest BCUT2D eigenvalue weighted by Gasteiger charge is -2.10. The highest BCUT2D eigenvalue weighted by Gasteiger charge is 1.99. The number of rotatable bonds is 6. The molecule has 19 heavy (non-hydrogen) atoms. The van der Waals surface area contributed by atoms with Crippen LogP contribution in [0.1, 0.15) is 16.8 Å². The standard InChI is InChI=1S/C16H20N2O/c1-13-6-7-16(14(2)11-13)19-10-9-17-12-15-5-3-4-8-18-15/h3-8,11,17H,9-10,12H2,1-2H3. The molecule has 3 heteroatoms. The van der Waals surface area contributed by atoms with Crippen molar-refractivity contribution < 1.29 is 4.74 Å². The van der Waals surface area contributed by atoms with Crippen LogP contribution in [0.25, 0.3) is 0 Å². The number of hydrogen-bond acceptors (Lipinski definition) is 3. The van der Waals surface area contributed by atoms with E-state index in [1.807, 2.05) is 30.5 Å². The molecule has 0 fully saturated rings. The van der Waals surface area contributed by atoms with Crippen LogP contribution in [0.4, 0.5) is 0 Å². The number of aryl methyl sites for hydroxylation is 2. The van der Waals surface area contributed by atoms with Gasteiger partial charge in [-0.15, -0.1) is 0 Å². The van der Waals surface area contributed by atoms with E-state index in [2.05, 4.69) is 36.3 Å². The van der Waals surface area contributed by atoms with Gasteiger partial charge < -0.3 is 10.1 Å². The predicted octanol–water partition coefficient (Wildman–Crippen LogP) is 2.87. The number of nitrogens with zero attached hydrogens (tertiary/aromatic N) is 1. The van der Waals surface area contributed by atoms with E-state index >= 15 is 0 Å². The smallest absolute Gasteiger partial charge is 0.122 e. The van der Waals surface area contributed by atoms with Crippen molar-refractivity contribution in [3.63, 3.8) is 0 Å². The Balaban J connectivity index is 1.69. The fourth-order valence-electron chi connectivity index (χ4n) is 1.91. The third-order valence-electron chi connectivity index (χ3n) is 2.90. The van der Waals surface area contributed by atoms with E-state index in [-0.39, 0.29) is 0 Å². The number of benzene rings is 1. The van der Waals surface area contributed by atoms with Crippen molar-refractivity contribution >= 4 is 0 Å². The van der Waals surface area contributed by atoms with E-state index in [0.29, 0.717) is 6.61 Å². The number of ether oxygens (including phenoxy) is 1. The minimum atomic E-state index is 0.663. The first-order chi connectivity index (χ1) is 9.25. The molecular formula is C16H20N2O. The van der Waals surface area contributed by atoms with Gasteiger partial charge in [-0.1, -0.05) is 23.8 Å². The van der Waals surface area contributed by atoms with Gasteiger partial charge in [-0.3, -0.25) is 4.98 Å². The third kappa shape index (κ3) is 4.38. The maximum absolute atomic E-state index is 5.75. The molecule has 1 aromatic carbocycles. The minimum absolute atomic E-state index is 0.663. The molecule has 0 aliphatic rings. The molecule has 0 spiro atoms. The third-order valence-corrected chi connectivity index (χ3v) is 2.90. The molecule has 0 atom stereocenters. The Hall–Kier alpha value is -1.87. The lowest BCUT2D eigenvalue weighted by molar-refractivity contribution is 0.311. The van der Waals surface area contributed by atoms with Crippen molar-refractivity contribution in [2.24, 2.45) is 0 Å². The van der Waals surface area contributed by atoms with Gasteiger partial charge in [-0.05, 0) is 37.6 Å². The van der Waals surface area contributed by atoms with Crippen LogP contribution in [0.2, 0.25) is 0 Å². The average molecular weight is 256 g/mol. The maximum Gasteiger partial charge on any atom is 0.122 e. The van der Waals surface area contributed by atoms with E-state index in [0.717, 1.165) is 24.5 Å². The van der Waals surface area contributed by atoms with Crippen LogP contribution in [-0.4, -0.2) is 18.1 Å². The highest BCUT2D eigenvalue weighted by Crippen LogP contribution is 2.18. The second-order valence-electron chi connectivity index (χ2n) is 4.62. The van der Waals surface area contributed by atoms with Crippen LogP contribution < -0.4 is 10.1 Å². The molecule has 2 rings (SSSR count). The summed E-state index contributed by atoms with van der Waals surface area (Å²) in [6.07, 6.45) is 1.81. The lowest BCUT2D eigenvalue weighted by Crippen LogP contribution is -2.21. The van der Waals surface area contributed by atoms with Gasteiger partial charge in [0.15, 0.2) is 0 Å². The molecule has 0 radical (unpaired) electrons. The summed E-state index contributed by atoms with van der Waals surface area (Å²) in [5, 5.41) is 3.32. The van der Waals surface area contributed by atoms with Crippen molar-refractivity contribution in [2.45, 2.75) is 20.4 Å². The number of hydrogen-bond donors (Lipinski definition) is 1. The molecule has 1 aromatic heterocycles. The summed E-state index contributed by atoms with van der Waals surface area (Å²) < 4.78 is 5.75. The summed E-state index contributed by atoms with van der Waals surface area (Å²) >= 11 is 0. The number of pyridine rings is 1. The Bertz CT molecular complexity index is 511. The zero-order chi connectivity index (χ0) is 13.5. The molecule has 1 heterocycles. The van der Waals surface area contributed by atoms with Crippen LogP contribution in [0, 0.1) is 13.8 Å². The van der Waals surface area contributed by atoms with Crippen molar-refractivity contribution in [3.8, 4) is 5.75 Å². The van der Waals surface area contributed by atoms with Crippen molar-refractivity contribution in [1.29, 1.82) is 0 Å². The Morgan fingerprint density at radius 1 is 1.16 bits per heavy atom. The zero-order valence-corrected chi connectivity index (χ0v) is 11.5. The fraction of sp³-hybridized carbons (Fsp3) is 0.312. The Morgan fingerprint density at radius 3 is 2.79 bits per heavy atom. The quantitative estimate of drug-likeness (QED) is 0.807. The summed E-state index contributed by atoms with van der Waals surface area (Å²) in [5.41, 5.74) is 3.50. The van der Waals surface area contributed by atoms with Gasteiger partial charge in [0, 0.05) is 19.3 Å². The van der Waals surface area contributed by atoms with Crippen molar-refractivity contribution in [3.05, 3.63) is 59.4 Å². The summed E-state index contributed by atoms with van der Waals surface area (Å²) in [4.78, 5) is 4.26. The first-order valence-corrected chi connectivity index (χ1v) is 6.56.